The van der Waals surface area contributed by atoms with Gasteiger partial charge < -0.3 is 5.11 Å². The van der Waals surface area contributed by atoms with Crippen molar-refractivity contribution in [3.05, 3.63) is 29.3 Å². The van der Waals surface area contributed by atoms with Gasteiger partial charge in [-0.2, -0.15) is 0 Å². The molecule has 0 radical (unpaired) electrons. The summed E-state index contributed by atoms with van der Waals surface area (Å²) in [6.45, 7) is 5.16. The van der Waals surface area contributed by atoms with Crippen LogP contribution in [0.25, 0.3) is 0 Å². The van der Waals surface area contributed by atoms with Crippen LogP contribution in [0.1, 0.15) is 43.7 Å². The largest absolute Gasteiger partial charge is 0.507 e. The van der Waals surface area contributed by atoms with Gasteiger partial charge in [0.1, 0.15) is 5.75 Å². The molecule has 1 N–H and O–H groups in total. The van der Waals surface area contributed by atoms with Gasteiger partial charge in [0.15, 0.2) is 0 Å². The maximum Gasteiger partial charge on any atom is 0.122 e. The van der Waals surface area contributed by atoms with Gasteiger partial charge in [-0.1, -0.05) is 25.1 Å². The molecular formula is C16H25NO. The number of nitrogens with zero attached hydrogens (tertiary/aromatic N) is 1. The molecule has 1 fully saturated rings. The first-order chi connectivity index (χ1) is 8.58. The van der Waals surface area contributed by atoms with E-state index in [1.807, 2.05) is 25.1 Å². The molecule has 1 aromatic carbocycles. The molecule has 1 saturated carbocycles. The molecule has 0 aromatic heterocycles. The van der Waals surface area contributed by atoms with Gasteiger partial charge in [-0.05, 0) is 51.1 Å². The number of aromatic hydroxyl groups is 1. The summed E-state index contributed by atoms with van der Waals surface area (Å²) < 4.78 is 0. The van der Waals surface area contributed by atoms with Crippen molar-refractivity contribution in [3.8, 4) is 5.75 Å². The van der Waals surface area contributed by atoms with Crippen molar-refractivity contribution in [2.24, 2.45) is 5.92 Å². The Labute approximate surface area is 111 Å². The summed E-state index contributed by atoms with van der Waals surface area (Å²) in [4.78, 5) is 2.40. The summed E-state index contributed by atoms with van der Waals surface area (Å²) in [6, 6.07) is 6.70. The number of phenolic OH excluding ortho intramolecular Hbond substituents is 1. The third-order valence-corrected chi connectivity index (χ3v) is 4.35. The summed E-state index contributed by atoms with van der Waals surface area (Å²) >= 11 is 0. The van der Waals surface area contributed by atoms with E-state index in [-0.39, 0.29) is 0 Å². The molecule has 0 heterocycles. The molecule has 2 nitrogen and oxygen atoms in total. The Morgan fingerprint density at radius 3 is 2.56 bits per heavy atom. The Hall–Kier alpha value is -1.02. The van der Waals surface area contributed by atoms with Gasteiger partial charge in [-0.3, -0.25) is 4.90 Å². The lowest BCUT2D eigenvalue weighted by molar-refractivity contribution is 0.162. The van der Waals surface area contributed by atoms with Crippen molar-refractivity contribution in [2.45, 2.75) is 52.1 Å². The maximum absolute atomic E-state index is 10.1. The second-order valence-electron chi connectivity index (χ2n) is 5.91. The third-order valence-electron chi connectivity index (χ3n) is 4.35. The number of benzene rings is 1. The van der Waals surface area contributed by atoms with Crippen molar-refractivity contribution >= 4 is 0 Å². The molecule has 0 amide bonds. The number of hydrogen-bond donors (Lipinski definition) is 1. The minimum atomic E-state index is 0.466. The Kier molecular flexibility index (Phi) is 4.28. The minimum Gasteiger partial charge on any atom is -0.507 e. The van der Waals surface area contributed by atoms with Crippen molar-refractivity contribution in [3.63, 3.8) is 0 Å². The topological polar surface area (TPSA) is 23.5 Å². The number of para-hydroxylation sites is 1. The number of aryl methyl sites for hydroxylation is 1. The Bertz CT molecular complexity index is 394. The number of hydrogen-bond acceptors (Lipinski definition) is 2. The fourth-order valence-corrected chi connectivity index (χ4v) is 2.93. The molecule has 0 spiro atoms. The van der Waals surface area contributed by atoms with Gasteiger partial charge in [0, 0.05) is 18.2 Å². The van der Waals surface area contributed by atoms with Crippen molar-refractivity contribution < 1.29 is 5.11 Å². The van der Waals surface area contributed by atoms with Gasteiger partial charge in [-0.25, -0.2) is 0 Å². The predicted molar refractivity (Wildman–Crippen MR) is 75.7 cm³/mol. The second-order valence-corrected chi connectivity index (χ2v) is 5.91. The standard InChI is InChI=1S/C16H25NO/c1-12-7-9-15(10-8-12)17(3)11-14-6-4-5-13(2)16(14)18/h4-6,12,15,18H,7-11H2,1-3H3. The van der Waals surface area contributed by atoms with Gasteiger partial charge in [0.05, 0.1) is 0 Å². The fraction of sp³-hybridized carbons (Fsp3) is 0.625. The summed E-state index contributed by atoms with van der Waals surface area (Å²) in [7, 11) is 2.18. The van der Waals surface area contributed by atoms with Crippen molar-refractivity contribution in [1.29, 1.82) is 0 Å². The zero-order chi connectivity index (χ0) is 13.1. The van der Waals surface area contributed by atoms with Crippen molar-refractivity contribution in [2.75, 3.05) is 7.05 Å². The first kappa shape index (κ1) is 13.4. The first-order valence-electron chi connectivity index (χ1n) is 7.05. The van der Waals surface area contributed by atoms with Gasteiger partial charge in [-0.15, -0.1) is 0 Å². The average molecular weight is 247 g/mol. The van der Waals surface area contributed by atoms with Crippen LogP contribution in [0.3, 0.4) is 0 Å². The van der Waals surface area contributed by atoms with E-state index in [0.29, 0.717) is 11.8 Å². The highest BCUT2D eigenvalue weighted by molar-refractivity contribution is 5.39. The van der Waals surface area contributed by atoms with Gasteiger partial charge in [0.25, 0.3) is 0 Å². The lowest BCUT2D eigenvalue weighted by Crippen LogP contribution is -2.34. The van der Waals surface area contributed by atoms with E-state index in [9.17, 15) is 5.11 Å². The van der Waals surface area contributed by atoms with E-state index in [1.54, 1.807) is 0 Å². The van der Waals surface area contributed by atoms with Crippen LogP contribution in [0, 0.1) is 12.8 Å². The van der Waals surface area contributed by atoms with Crippen LogP contribution in [0.15, 0.2) is 18.2 Å². The SMILES string of the molecule is Cc1cccc(CN(C)C2CCC(C)CC2)c1O. The van der Waals surface area contributed by atoms with Crippen molar-refractivity contribution in [1.82, 2.24) is 4.90 Å². The molecule has 2 heteroatoms. The molecule has 0 unspecified atom stereocenters. The van der Waals surface area contributed by atoms with E-state index in [2.05, 4.69) is 18.9 Å². The van der Waals surface area contributed by atoms with Crippen LogP contribution < -0.4 is 0 Å². The zero-order valence-electron chi connectivity index (χ0n) is 11.8. The predicted octanol–water partition coefficient (Wildman–Crippen LogP) is 3.71. The molecule has 1 aromatic rings. The molecule has 100 valence electrons. The lowest BCUT2D eigenvalue weighted by atomic mass is 9.86. The molecule has 0 bridgehead atoms. The Morgan fingerprint density at radius 2 is 1.89 bits per heavy atom. The highest BCUT2D eigenvalue weighted by atomic mass is 16.3. The quantitative estimate of drug-likeness (QED) is 0.880. The van der Waals surface area contributed by atoms with Crippen LogP contribution in [0.2, 0.25) is 0 Å². The van der Waals surface area contributed by atoms with E-state index in [4.69, 9.17) is 0 Å². The molecule has 0 saturated heterocycles. The van der Waals surface area contributed by atoms with E-state index in [1.165, 1.54) is 25.7 Å². The average Bonchev–Trinajstić information content (AvgIpc) is 2.36. The molecule has 1 aliphatic rings. The smallest absolute Gasteiger partial charge is 0.122 e. The fourth-order valence-electron chi connectivity index (χ4n) is 2.93. The Balaban J connectivity index is 1.98. The normalized spacial score (nSPS) is 24.4. The van der Waals surface area contributed by atoms with Gasteiger partial charge in [0.2, 0.25) is 0 Å². The summed E-state index contributed by atoms with van der Waals surface area (Å²) in [6.07, 6.45) is 5.28. The molecule has 1 aliphatic carbocycles. The van der Waals surface area contributed by atoms with Crippen LogP contribution in [-0.2, 0) is 6.54 Å². The molecule has 2 rings (SSSR count). The second kappa shape index (κ2) is 5.75. The Morgan fingerprint density at radius 1 is 1.22 bits per heavy atom. The lowest BCUT2D eigenvalue weighted by Gasteiger charge is -2.33. The van der Waals surface area contributed by atoms with Crippen LogP contribution in [0.5, 0.6) is 5.75 Å². The van der Waals surface area contributed by atoms with Crippen LogP contribution in [0.4, 0.5) is 0 Å². The third kappa shape index (κ3) is 3.05. The number of phenols is 1. The molecule has 18 heavy (non-hydrogen) atoms. The van der Waals surface area contributed by atoms with E-state index >= 15 is 0 Å². The summed E-state index contributed by atoms with van der Waals surface area (Å²) in [5, 5.41) is 10.1. The highest BCUT2D eigenvalue weighted by Crippen LogP contribution is 2.29. The minimum absolute atomic E-state index is 0.466. The monoisotopic (exact) mass is 247 g/mol. The maximum atomic E-state index is 10.1. The molecular weight excluding hydrogens is 222 g/mol. The summed E-state index contributed by atoms with van der Waals surface area (Å²) in [5.41, 5.74) is 2.02. The first-order valence-corrected chi connectivity index (χ1v) is 7.05. The van der Waals surface area contributed by atoms with Crippen LogP contribution in [-0.4, -0.2) is 23.1 Å². The summed E-state index contributed by atoms with van der Waals surface area (Å²) in [5.74, 6) is 1.36. The highest BCUT2D eigenvalue weighted by Gasteiger charge is 2.22. The molecule has 0 aliphatic heterocycles. The zero-order valence-corrected chi connectivity index (χ0v) is 11.8. The molecule has 0 atom stereocenters. The van der Waals surface area contributed by atoms with E-state index < -0.39 is 0 Å². The van der Waals surface area contributed by atoms with E-state index in [0.717, 1.165) is 23.6 Å². The van der Waals surface area contributed by atoms with Gasteiger partial charge >= 0.3 is 0 Å². The number of rotatable bonds is 3. The van der Waals surface area contributed by atoms with Crippen LogP contribution >= 0.6 is 0 Å².